The number of carbonyl (C=O) groups is 14. The van der Waals surface area contributed by atoms with E-state index in [-0.39, 0.29) is 76.6 Å². The number of carboxylic acid groups (broad SMARTS) is 1. The molecule has 0 spiro atoms. The number of H-pyrrole nitrogens is 2. The Bertz CT molecular complexity index is 4400. The highest BCUT2D eigenvalue weighted by molar-refractivity contribution is 8.00. The summed E-state index contributed by atoms with van der Waals surface area (Å²) in [6.45, 7) is 6.66. The lowest BCUT2D eigenvalue weighted by molar-refractivity contribution is -0.141. The fraction of sp³-hybridized carbons (Fsp3) is 0.474. The molecule has 12 atom stereocenters. The second kappa shape index (κ2) is 44.5. The Labute approximate surface area is 663 Å². The van der Waals surface area contributed by atoms with Crippen molar-refractivity contribution in [3.05, 3.63) is 120 Å². The van der Waals surface area contributed by atoms with E-state index in [0.717, 1.165) is 22.5 Å². The van der Waals surface area contributed by atoms with Gasteiger partial charge in [0.05, 0.1) is 25.3 Å². The van der Waals surface area contributed by atoms with Gasteiger partial charge in [-0.2, -0.15) is 0 Å². The van der Waals surface area contributed by atoms with E-state index in [4.69, 9.17) is 22.6 Å². The molecule has 13 amide bonds. The van der Waals surface area contributed by atoms with Crippen LogP contribution in [0.3, 0.4) is 0 Å². The number of fused-ring (bicyclic) bond motifs is 3. The zero-order valence-corrected chi connectivity index (χ0v) is 65.3. The number of unbranched alkanes of at least 4 members (excludes halogenated alkanes) is 2. The van der Waals surface area contributed by atoms with Crippen LogP contribution in [-0.4, -0.2) is 213 Å². The second-order valence-corrected chi connectivity index (χ2v) is 29.6. The lowest BCUT2D eigenvalue weighted by Crippen LogP contribution is -2.61. The molecule has 114 heavy (non-hydrogen) atoms. The maximum Gasteiger partial charge on any atom is 0.305 e. The molecule has 4 aromatic carbocycles. The highest BCUT2D eigenvalue weighted by Crippen LogP contribution is 2.24. The van der Waals surface area contributed by atoms with Gasteiger partial charge in [-0.15, -0.1) is 11.8 Å². The number of guanidine groups is 1. The van der Waals surface area contributed by atoms with E-state index >= 15 is 19.2 Å². The largest absolute Gasteiger partial charge is 0.481 e. The molecule has 35 nitrogen and oxygen atoms in total. The number of thioether (sulfide) groups is 1. The van der Waals surface area contributed by atoms with Crippen LogP contribution in [0, 0.1) is 17.2 Å². The molecule has 0 radical (unpaired) electrons. The first kappa shape index (κ1) is 89.5. The maximum absolute atomic E-state index is 15.1. The summed E-state index contributed by atoms with van der Waals surface area (Å²) in [7, 11) is 0. The summed E-state index contributed by atoms with van der Waals surface area (Å²) in [5.74, 6) is -16.6. The Morgan fingerprint density at radius 1 is 0.526 bits per heavy atom. The van der Waals surface area contributed by atoms with Gasteiger partial charge in [0.15, 0.2) is 5.96 Å². The lowest BCUT2D eigenvalue weighted by Gasteiger charge is -2.29. The molecule has 1 aliphatic rings. The molecule has 24 N–H and O–H groups in total. The van der Waals surface area contributed by atoms with Gasteiger partial charge in [0.1, 0.15) is 66.5 Å². The number of aromatic nitrogens is 2. The summed E-state index contributed by atoms with van der Waals surface area (Å²) < 4.78 is 0. The number of hydrogen-bond acceptors (Lipinski definition) is 18. The van der Waals surface area contributed by atoms with E-state index < -0.39 is 192 Å². The van der Waals surface area contributed by atoms with Crippen molar-refractivity contribution < 1.29 is 77.3 Å². The van der Waals surface area contributed by atoms with Gasteiger partial charge in [0.25, 0.3) is 0 Å². The van der Waals surface area contributed by atoms with Crippen molar-refractivity contribution in [2.24, 2.45) is 29.0 Å². The summed E-state index contributed by atoms with van der Waals surface area (Å²) in [5, 5.41) is 65.5. The van der Waals surface area contributed by atoms with Gasteiger partial charge in [0, 0.05) is 65.8 Å². The predicted molar refractivity (Wildman–Crippen MR) is 428 cm³/mol. The smallest absolute Gasteiger partial charge is 0.305 e. The van der Waals surface area contributed by atoms with E-state index in [2.05, 4.69) is 79.1 Å². The summed E-state index contributed by atoms with van der Waals surface area (Å²) in [6.07, 6.45) is 2.79. The van der Waals surface area contributed by atoms with Crippen LogP contribution in [0.1, 0.15) is 116 Å². The molecule has 0 unspecified atom stereocenters. The number of nitrogens with one attached hydrogen (secondary N) is 16. The first-order valence-electron chi connectivity index (χ1n) is 38.2. The molecule has 0 aliphatic carbocycles. The molecule has 1 fully saturated rings. The van der Waals surface area contributed by atoms with Gasteiger partial charge in [-0.25, -0.2) is 0 Å². The third kappa shape index (κ3) is 27.0. The quantitative estimate of drug-likeness (QED) is 0.0202. The number of amides is 13. The molecular formula is C78H107N19O16S. The highest BCUT2D eigenvalue weighted by atomic mass is 32.2. The van der Waals surface area contributed by atoms with Crippen molar-refractivity contribution in [2.45, 2.75) is 185 Å². The Kier molecular flexibility index (Phi) is 35.0. The standard InChI is InChI=1S/C78H107N19O16S/c1-6-8-22-54-70(106)89-55(26-17-30-83-78(81)82)71(107)91-58(34-48-37-85-52-24-14-12-21-50(48)52)75(111)96-65(42(3)4)76(112)95-61(67(80)103)40-114-41-63(100)88-56(32-44-27-28-45-18-9-10-19-46(45)31-44)74(110)97-66(43(5)7-2)77(113)94-60(39-98)68(104)86-38-62(99)87-53(25-15-16-29-79)69(105)93-59(35-64(101)102)73(109)92-57(72(108)90-54)33-47-36-84-51-23-13-11-20-49(47)51/h9-14,18-21,23-24,27-28,31,36-37,42-43,53-61,65-66,84-85,98H,6-8,15-17,22,25-26,29-30,32-35,38-41,79H2,1-5H3,(H2,80,103)(H,86,104)(H,87,99)(H,88,100)(H,89,106)(H,90,108)(H,91,107)(H,92,109)(H,93,105)(H,94,113)(H,95,112)(H,96,111)(H,97,110)(H,101,102)(H4,81,82,83)/t43-,53-,54-,55-,56-,57-,58-,59-,60-,61-,65-,66-/m0/s1. The number of primary amides is 1. The number of aromatic amines is 2. The van der Waals surface area contributed by atoms with E-state index in [1.807, 2.05) is 43.3 Å². The average molecular weight is 1600 g/mol. The summed E-state index contributed by atoms with van der Waals surface area (Å²) in [4.78, 5) is 207. The molecule has 2 aromatic heterocycles. The van der Waals surface area contributed by atoms with E-state index in [1.54, 1.807) is 94.7 Å². The zero-order chi connectivity index (χ0) is 83.1. The Hall–Kier alpha value is -11.7. The van der Waals surface area contributed by atoms with Crippen LogP contribution < -0.4 is 86.3 Å². The number of nitrogens with two attached hydrogens (primary N) is 3. The van der Waals surface area contributed by atoms with Crippen molar-refractivity contribution >= 4 is 133 Å². The normalized spacial score (nSPS) is 22.9. The molecule has 1 aliphatic heterocycles. The third-order valence-corrected chi connectivity index (χ3v) is 20.6. The van der Waals surface area contributed by atoms with Crippen LogP contribution in [0.15, 0.2) is 103 Å². The summed E-state index contributed by atoms with van der Waals surface area (Å²) >= 11 is 0.859. The minimum Gasteiger partial charge on any atom is -0.481 e. The minimum absolute atomic E-state index is 0.0225. The van der Waals surface area contributed by atoms with Crippen molar-refractivity contribution in [3.63, 3.8) is 0 Å². The van der Waals surface area contributed by atoms with Crippen LogP contribution in [0.2, 0.25) is 0 Å². The molecule has 0 bridgehead atoms. The van der Waals surface area contributed by atoms with Crippen LogP contribution >= 0.6 is 11.8 Å². The SMILES string of the molecule is CCCC[C@@H]1NC(=O)[C@H](Cc2c[nH]c3ccccc23)NC(=O)[C@H](CC(=O)O)NC(=O)[C@H](CCCCN)NC(=O)CNC(=O)[C@H](CO)NC(=O)[C@H]([C@@H](C)CC)NC(=O)[C@H](Cc2ccc3ccccc3c2)NC(=O)CSC[C@@H](C(N)=O)NC(=O)[C@H](C(C)C)NC(=O)[C@H](Cc2c[nH]c3ccccc23)NC(=O)[C@H](CCCNC(=N)N)NC1=O. The number of benzene rings is 4. The zero-order valence-electron chi connectivity index (χ0n) is 64.5. The Balaban J connectivity index is 1.27. The molecule has 6 aromatic rings. The number of hydrogen-bond donors (Lipinski definition) is 21. The van der Waals surface area contributed by atoms with Gasteiger partial charge >= 0.3 is 5.97 Å². The molecule has 7 rings (SSSR count). The molecule has 1 saturated heterocycles. The average Bonchev–Trinajstić information content (AvgIpc) is 1.45. The van der Waals surface area contributed by atoms with Crippen molar-refractivity contribution in [2.75, 3.05) is 37.7 Å². The molecular weight excluding hydrogens is 1490 g/mol. The number of carbonyl (C=O) groups excluding carboxylic acids is 13. The Morgan fingerprint density at radius 2 is 1.01 bits per heavy atom. The van der Waals surface area contributed by atoms with Crippen molar-refractivity contribution in [3.8, 4) is 0 Å². The van der Waals surface area contributed by atoms with Crippen LogP contribution in [-0.2, 0) is 86.4 Å². The molecule has 3 heterocycles. The predicted octanol–water partition coefficient (Wildman–Crippen LogP) is -0.737. The molecule has 36 heteroatoms. The van der Waals surface area contributed by atoms with Crippen LogP contribution in [0.25, 0.3) is 32.6 Å². The van der Waals surface area contributed by atoms with Crippen LogP contribution in [0.5, 0.6) is 0 Å². The number of aliphatic carboxylic acids is 1. The number of rotatable bonds is 24. The fourth-order valence-electron chi connectivity index (χ4n) is 13.0. The minimum atomic E-state index is -1.95. The van der Waals surface area contributed by atoms with Gasteiger partial charge < -0.3 is 107 Å². The van der Waals surface area contributed by atoms with Gasteiger partial charge in [-0.3, -0.25) is 72.5 Å². The third-order valence-electron chi connectivity index (χ3n) is 19.5. The Morgan fingerprint density at radius 3 is 1.56 bits per heavy atom. The maximum atomic E-state index is 15.1. The second-order valence-electron chi connectivity index (χ2n) is 28.6. The number of aliphatic hydroxyl groups excluding tert-OH is 1. The topological polar surface area (TPSA) is 569 Å². The lowest BCUT2D eigenvalue weighted by atomic mass is 9.96. The van der Waals surface area contributed by atoms with Crippen molar-refractivity contribution in [1.29, 1.82) is 5.41 Å². The van der Waals surface area contributed by atoms with Crippen molar-refractivity contribution in [1.82, 2.24) is 79.1 Å². The van der Waals surface area contributed by atoms with E-state index in [0.29, 0.717) is 57.8 Å². The monoisotopic (exact) mass is 1600 g/mol. The van der Waals surface area contributed by atoms with E-state index in [9.17, 15) is 58.2 Å². The van der Waals surface area contributed by atoms with Gasteiger partial charge in [-0.05, 0) is 96.5 Å². The van der Waals surface area contributed by atoms with Crippen LogP contribution in [0.4, 0.5) is 0 Å². The number of aliphatic hydroxyl groups is 1. The van der Waals surface area contributed by atoms with E-state index in [1.165, 1.54) is 0 Å². The molecule has 0 saturated carbocycles. The molecule has 616 valence electrons. The fourth-order valence-corrected chi connectivity index (χ4v) is 13.8. The summed E-state index contributed by atoms with van der Waals surface area (Å²) in [5.41, 5.74) is 20.2. The first-order chi connectivity index (χ1) is 54.5. The first-order valence-corrected chi connectivity index (χ1v) is 39.3. The van der Waals surface area contributed by atoms with Gasteiger partial charge in [-0.1, -0.05) is 133 Å². The number of carboxylic acids is 1. The van der Waals surface area contributed by atoms with Gasteiger partial charge in [0.2, 0.25) is 76.8 Å². The summed E-state index contributed by atoms with van der Waals surface area (Å²) in [6, 6.07) is 9.81. The number of para-hydroxylation sites is 2. The highest BCUT2D eigenvalue weighted by Gasteiger charge is 2.39.